The highest BCUT2D eigenvalue weighted by molar-refractivity contribution is 7.64. The van der Waals surface area contributed by atoms with E-state index in [0.29, 0.717) is 0 Å². The normalized spacial score (nSPS) is 10.1. The van der Waals surface area contributed by atoms with Crippen LogP contribution in [0.2, 0.25) is 0 Å². The van der Waals surface area contributed by atoms with Crippen LogP contribution < -0.4 is 0 Å². The Bertz CT molecular complexity index is 227. The van der Waals surface area contributed by atoms with Gasteiger partial charge in [-0.25, -0.2) is 5.26 Å². The van der Waals surface area contributed by atoms with Crippen molar-refractivity contribution in [2.75, 3.05) is 0 Å². The zero-order chi connectivity index (χ0) is 18.8. The molecule has 0 aliphatic rings. The van der Waals surface area contributed by atoms with Crippen molar-refractivity contribution < 1.29 is 0 Å². The molecule has 0 fully saturated rings. The van der Waals surface area contributed by atoms with Crippen LogP contribution in [0.5, 0.6) is 0 Å². The van der Waals surface area contributed by atoms with Crippen molar-refractivity contribution in [3.05, 3.63) is 0 Å². The maximum absolute atomic E-state index is 7.13. The number of nitrogens with zero attached hydrogens (tertiary/aromatic N) is 1. The summed E-state index contributed by atoms with van der Waals surface area (Å²) in [5.74, 6) is 0. The van der Waals surface area contributed by atoms with Crippen LogP contribution in [0.15, 0.2) is 0 Å². The number of unbranched alkanes of at least 4 members (excludes halogenated alkanes) is 19. The molecule has 150 valence electrons. The van der Waals surface area contributed by atoms with E-state index < -0.39 is 0 Å². The maximum atomic E-state index is 7.13. The molecule has 0 aromatic rings. The summed E-state index contributed by atoms with van der Waals surface area (Å²) in [6, 6.07) is 0. The second kappa shape index (κ2) is 28.5. The van der Waals surface area contributed by atoms with Crippen LogP contribution in [0.4, 0.5) is 0 Å². The molecule has 0 atom stereocenters. The van der Waals surface area contributed by atoms with Gasteiger partial charge in [0.2, 0.25) is 0 Å². The molecule has 0 bridgehead atoms. The predicted molar refractivity (Wildman–Crippen MR) is 117 cm³/mol. The zero-order valence-corrected chi connectivity index (χ0v) is 18.3. The lowest BCUT2D eigenvalue weighted by atomic mass is 10.0. The number of hydrogen-bond acceptors (Lipinski definition) is 2. The fourth-order valence-corrected chi connectivity index (χ4v) is 3.33. The highest BCUT2D eigenvalue weighted by atomic mass is 32.1. The molecule has 0 aromatic carbocycles. The Balaban J connectivity index is 0. The molecular weight excluding hydrogens is 322 g/mol. The van der Waals surface area contributed by atoms with Crippen LogP contribution in [0.25, 0.3) is 0 Å². The molecule has 0 radical (unpaired) electrons. The van der Waals surface area contributed by atoms with Gasteiger partial charge in [0.05, 0.1) is 0 Å². The van der Waals surface area contributed by atoms with Gasteiger partial charge in [0, 0.05) is 0 Å². The van der Waals surface area contributed by atoms with E-state index in [1.54, 1.807) is 0 Å². The molecule has 0 aromatic heterocycles. The number of rotatable bonds is 19. The third kappa shape index (κ3) is 31.9. The van der Waals surface area contributed by atoms with Crippen LogP contribution in [0.3, 0.4) is 0 Å². The SMILES string of the molecule is CCCCCCCCCCCCCCCCCCCCCC.N#C[S-]. The summed E-state index contributed by atoms with van der Waals surface area (Å²) in [5, 5.41) is 8.47. The van der Waals surface area contributed by atoms with Crippen molar-refractivity contribution >= 4 is 12.6 Å². The summed E-state index contributed by atoms with van der Waals surface area (Å²) in [4.78, 5) is 0. The van der Waals surface area contributed by atoms with Gasteiger partial charge in [-0.05, 0) is 0 Å². The van der Waals surface area contributed by atoms with E-state index >= 15 is 0 Å². The largest absolute Gasteiger partial charge is 0.696 e. The van der Waals surface area contributed by atoms with Gasteiger partial charge < -0.3 is 12.6 Å². The highest BCUT2D eigenvalue weighted by Gasteiger charge is 1.94. The van der Waals surface area contributed by atoms with Crippen molar-refractivity contribution in [1.82, 2.24) is 0 Å². The van der Waals surface area contributed by atoms with Gasteiger partial charge in [0.1, 0.15) is 0 Å². The minimum absolute atomic E-state index is 1.33. The van der Waals surface area contributed by atoms with Gasteiger partial charge in [-0.3, -0.25) is 0 Å². The minimum Gasteiger partial charge on any atom is -0.696 e. The quantitative estimate of drug-likeness (QED) is 0.129. The molecule has 1 nitrogen and oxygen atoms in total. The van der Waals surface area contributed by atoms with Crippen molar-refractivity contribution in [2.24, 2.45) is 0 Å². The first-order chi connectivity index (χ1) is 12.3. The number of nitriles is 1. The van der Waals surface area contributed by atoms with Crippen LogP contribution in [-0.2, 0) is 12.6 Å². The summed E-state index contributed by atoms with van der Waals surface area (Å²) in [7, 11) is 0. The molecule has 0 saturated heterocycles. The summed E-state index contributed by atoms with van der Waals surface area (Å²) >= 11 is 3.70. The molecule has 0 heterocycles. The van der Waals surface area contributed by atoms with E-state index in [9.17, 15) is 0 Å². The van der Waals surface area contributed by atoms with Crippen molar-refractivity contribution in [2.45, 2.75) is 142 Å². The topological polar surface area (TPSA) is 23.8 Å². The fraction of sp³-hybridized carbons (Fsp3) is 0.957. The molecule has 0 rings (SSSR count). The summed E-state index contributed by atoms with van der Waals surface area (Å²) in [5.41, 5.74) is 0. The Morgan fingerprint density at radius 2 is 0.560 bits per heavy atom. The summed E-state index contributed by atoms with van der Waals surface area (Å²) < 4.78 is 0. The molecule has 0 unspecified atom stereocenters. The summed E-state index contributed by atoms with van der Waals surface area (Å²) in [6.45, 7) is 4.60. The maximum Gasteiger partial charge on any atom is -0.0533 e. The Morgan fingerprint density at radius 3 is 0.680 bits per heavy atom. The number of thiocyanates is 1. The second-order valence-corrected chi connectivity index (χ2v) is 7.64. The van der Waals surface area contributed by atoms with E-state index in [0.717, 1.165) is 0 Å². The highest BCUT2D eigenvalue weighted by Crippen LogP contribution is 2.14. The van der Waals surface area contributed by atoms with Gasteiger partial charge >= 0.3 is 0 Å². The minimum atomic E-state index is 1.33. The Morgan fingerprint density at radius 1 is 0.440 bits per heavy atom. The molecular formula is C23H46NS-. The van der Waals surface area contributed by atoms with E-state index in [1.165, 1.54) is 134 Å². The molecule has 0 amide bonds. The monoisotopic (exact) mass is 368 g/mol. The smallest absolute Gasteiger partial charge is 0.0533 e. The summed E-state index contributed by atoms with van der Waals surface area (Å²) in [6.07, 6.45) is 29.4. The van der Waals surface area contributed by atoms with Crippen molar-refractivity contribution in [3.63, 3.8) is 0 Å². The van der Waals surface area contributed by atoms with Gasteiger partial charge in [0.25, 0.3) is 0 Å². The van der Waals surface area contributed by atoms with Crippen molar-refractivity contribution in [1.29, 1.82) is 5.26 Å². The van der Waals surface area contributed by atoms with E-state index in [1.807, 2.05) is 0 Å². The Kier molecular flexibility index (Phi) is 30.7. The first-order valence-corrected chi connectivity index (χ1v) is 11.8. The van der Waals surface area contributed by atoms with Crippen LogP contribution in [0, 0.1) is 10.7 Å². The van der Waals surface area contributed by atoms with Gasteiger partial charge in [0.15, 0.2) is 0 Å². The molecule has 0 aliphatic heterocycles. The molecule has 0 N–H and O–H groups in total. The Hall–Kier alpha value is -0.290. The average molecular weight is 369 g/mol. The molecule has 0 saturated carbocycles. The molecule has 2 heteroatoms. The van der Waals surface area contributed by atoms with Crippen molar-refractivity contribution in [3.8, 4) is 5.40 Å². The Labute approximate surface area is 165 Å². The lowest BCUT2D eigenvalue weighted by Gasteiger charge is -2.03. The standard InChI is InChI=1S/C22H46.CHNS/c1-3-5-7-9-11-13-15-17-19-21-22-20-18-16-14-12-10-8-6-4-2;2-1-3/h3-22H2,1-2H3;3H/p-1. The van der Waals surface area contributed by atoms with E-state index in [-0.39, 0.29) is 0 Å². The van der Waals surface area contributed by atoms with Gasteiger partial charge in [-0.15, -0.1) is 0 Å². The lowest BCUT2D eigenvalue weighted by molar-refractivity contribution is 0.523. The molecule has 0 aliphatic carbocycles. The molecule has 25 heavy (non-hydrogen) atoms. The first-order valence-electron chi connectivity index (χ1n) is 11.3. The van der Waals surface area contributed by atoms with Gasteiger partial charge in [-0.2, -0.15) is 0 Å². The second-order valence-electron chi connectivity index (χ2n) is 7.46. The third-order valence-corrected chi connectivity index (χ3v) is 4.96. The third-order valence-electron chi connectivity index (χ3n) is 4.96. The van der Waals surface area contributed by atoms with Crippen LogP contribution in [0.1, 0.15) is 142 Å². The zero-order valence-electron chi connectivity index (χ0n) is 17.5. The van der Waals surface area contributed by atoms with E-state index in [4.69, 9.17) is 5.26 Å². The van der Waals surface area contributed by atoms with Crippen LogP contribution >= 0.6 is 0 Å². The lowest BCUT2D eigenvalue weighted by Crippen LogP contribution is -1.84. The van der Waals surface area contributed by atoms with Crippen LogP contribution in [-0.4, -0.2) is 0 Å². The van der Waals surface area contributed by atoms with E-state index in [2.05, 4.69) is 26.5 Å². The predicted octanol–water partition coefficient (Wildman–Crippen LogP) is 8.84. The number of hydrogen-bond donors (Lipinski definition) is 0. The molecule has 0 spiro atoms. The first kappa shape index (κ1) is 26.9. The van der Waals surface area contributed by atoms with Gasteiger partial charge in [-0.1, -0.05) is 148 Å². The fourth-order valence-electron chi connectivity index (χ4n) is 3.33. The average Bonchev–Trinajstić information content (AvgIpc) is 2.61.